The van der Waals surface area contributed by atoms with Gasteiger partial charge in [-0.1, -0.05) is 6.07 Å². The number of nitrogens with two attached hydrogens (primary N) is 1. The molecule has 3 N–H and O–H groups in total. The number of carbonyl (C=O) groups is 1. The Labute approximate surface area is 119 Å². The molecule has 2 fully saturated rings. The Kier molecular flexibility index (Phi) is 3.53. The monoisotopic (exact) mass is 275 g/mol. The normalized spacial score (nSPS) is 25.4. The molecule has 2 saturated heterocycles. The number of rotatable bonds is 3. The van der Waals surface area contributed by atoms with Crippen LogP contribution in [-0.4, -0.2) is 43.1 Å². The fourth-order valence-electron chi connectivity index (χ4n) is 3.42. The molecule has 0 radical (unpaired) electrons. The number of nitrogens with zero attached hydrogens (tertiary/aromatic N) is 1. The van der Waals surface area contributed by atoms with Crippen molar-refractivity contribution in [3.05, 3.63) is 23.8 Å². The first kappa shape index (κ1) is 13.2. The second-order valence-corrected chi connectivity index (χ2v) is 5.54. The van der Waals surface area contributed by atoms with Gasteiger partial charge in [0.15, 0.2) is 0 Å². The summed E-state index contributed by atoms with van der Waals surface area (Å²) < 4.78 is 5.16. The second kappa shape index (κ2) is 5.32. The van der Waals surface area contributed by atoms with Crippen LogP contribution in [0.3, 0.4) is 0 Å². The predicted molar refractivity (Wildman–Crippen MR) is 77.9 cm³/mol. The zero-order valence-electron chi connectivity index (χ0n) is 11.8. The fourth-order valence-corrected chi connectivity index (χ4v) is 3.42. The molecule has 0 aliphatic carbocycles. The Morgan fingerprint density at radius 2 is 2.25 bits per heavy atom. The van der Waals surface area contributed by atoms with E-state index >= 15 is 0 Å². The van der Waals surface area contributed by atoms with Crippen molar-refractivity contribution in [1.82, 2.24) is 10.2 Å². The van der Waals surface area contributed by atoms with E-state index in [0.717, 1.165) is 13.0 Å². The Morgan fingerprint density at radius 1 is 1.40 bits per heavy atom. The maximum Gasteiger partial charge on any atom is 0.253 e. The van der Waals surface area contributed by atoms with Gasteiger partial charge in [0.25, 0.3) is 5.91 Å². The summed E-state index contributed by atoms with van der Waals surface area (Å²) in [6, 6.07) is 6.05. The van der Waals surface area contributed by atoms with Crippen LogP contribution >= 0.6 is 0 Å². The van der Waals surface area contributed by atoms with E-state index < -0.39 is 0 Å². The van der Waals surface area contributed by atoms with Crippen molar-refractivity contribution in [1.29, 1.82) is 0 Å². The number of carbonyl (C=O) groups excluding carboxylic acids is 1. The van der Waals surface area contributed by atoms with E-state index in [1.165, 1.54) is 19.4 Å². The summed E-state index contributed by atoms with van der Waals surface area (Å²) in [5, 5.41) is 3.14. The lowest BCUT2D eigenvalue weighted by Gasteiger charge is -2.21. The van der Waals surface area contributed by atoms with Crippen LogP contribution in [0.25, 0.3) is 0 Å². The highest BCUT2D eigenvalue weighted by atomic mass is 16.5. The number of hydrogen-bond donors (Lipinski definition) is 2. The highest BCUT2D eigenvalue weighted by Gasteiger charge is 2.38. The molecule has 1 amide bonds. The summed E-state index contributed by atoms with van der Waals surface area (Å²) in [5.41, 5.74) is 6.89. The van der Waals surface area contributed by atoms with Gasteiger partial charge in [-0.05, 0) is 37.9 Å². The summed E-state index contributed by atoms with van der Waals surface area (Å²) in [6.07, 6.45) is 3.44. The van der Waals surface area contributed by atoms with Gasteiger partial charge in [-0.15, -0.1) is 0 Å². The topological polar surface area (TPSA) is 67.6 Å². The number of methoxy groups -OCH3 is 1. The van der Waals surface area contributed by atoms with Gasteiger partial charge in [0.05, 0.1) is 18.4 Å². The number of benzene rings is 1. The molecule has 2 aliphatic rings. The maximum atomic E-state index is 12.4. The number of fused-ring (bicyclic) bond motifs is 1. The van der Waals surface area contributed by atoms with Crippen LogP contribution in [0.5, 0.6) is 5.75 Å². The van der Waals surface area contributed by atoms with Crippen LogP contribution < -0.4 is 15.8 Å². The lowest BCUT2D eigenvalue weighted by atomic mass is 10.1. The van der Waals surface area contributed by atoms with Gasteiger partial charge < -0.3 is 15.8 Å². The highest BCUT2D eigenvalue weighted by molar-refractivity contribution is 6.00. The number of nitrogens with one attached hydrogen (secondary N) is 1. The van der Waals surface area contributed by atoms with Crippen LogP contribution in [0.15, 0.2) is 18.2 Å². The lowest BCUT2D eigenvalue weighted by molar-refractivity contribution is 0.0930. The minimum absolute atomic E-state index is 0.0971. The molecule has 1 aromatic carbocycles. The smallest absolute Gasteiger partial charge is 0.253 e. The fraction of sp³-hybridized carbons (Fsp3) is 0.533. The zero-order chi connectivity index (χ0) is 14.1. The van der Waals surface area contributed by atoms with Gasteiger partial charge >= 0.3 is 0 Å². The molecule has 0 saturated carbocycles. The Balaban J connectivity index is 1.73. The van der Waals surface area contributed by atoms with E-state index in [2.05, 4.69) is 10.2 Å². The summed E-state index contributed by atoms with van der Waals surface area (Å²) in [7, 11) is 1.56. The maximum absolute atomic E-state index is 12.4. The molecular formula is C15H21N3O2. The number of ether oxygens (including phenoxy) is 1. The number of hydrogen-bond acceptors (Lipinski definition) is 4. The Bertz CT molecular complexity index is 518. The van der Waals surface area contributed by atoms with Gasteiger partial charge in [-0.3, -0.25) is 9.69 Å². The van der Waals surface area contributed by atoms with Crippen molar-refractivity contribution in [2.75, 3.05) is 25.9 Å². The molecule has 108 valence electrons. The van der Waals surface area contributed by atoms with Crippen molar-refractivity contribution in [2.24, 2.45) is 0 Å². The van der Waals surface area contributed by atoms with Crippen molar-refractivity contribution < 1.29 is 9.53 Å². The van der Waals surface area contributed by atoms with Crippen molar-refractivity contribution in [3.63, 3.8) is 0 Å². The Morgan fingerprint density at radius 3 is 3.05 bits per heavy atom. The van der Waals surface area contributed by atoms with Crippen LogP contribution in [0.1, 0.15) is 29.6 Å². The first-order chi connectivity index (χ1) is 9.70. The number of para-hydroxylation sites is 1. The molecule has 0 bridgehead atoms. The van der Waals surface area contributed by atoms with E-state index in [4.69, 9.17) is 10.5 Å². The van der Waals surface area contributed by atoms with E-state index in [1.54, 1.807) is 25.3 Å². The van der Waals surface area contributed by atoms with Gasteiger partial charge in [0, 0.05) is 18.6 Å². The molecule has 5 nitrogen and oxygen atoms in total. The third kappa shape index (κ3) is 2.22. The molecular weight excluding hydrogens is 254 g/mol. The summed E-state index contributed by atoms with van der Waals surface area (Å²) in [5.74, 6) is 0.451. The molecule has 0 spiro atoms. The van der Waals surface area contributed by atoms with Crippen molar-refractivity contribution in [2.45, 2.75) is 31.3 Å². The van der Waals surface area contributed by atoms with Gasteiger partial charge in [-0.25, -0.2) is 0 Å². The van der Waals surface area contributed by atoms with Crippen LogP contribution in [-0.2, 0) is 0 Å². The molecule has 2 aliphatic heterocycles. The van der Waals surface area contributed by atoms with Crippen molar-refractivity contribution >= 4 is 11.6 Å². The van der Waals surface area contributed by atoms with Gasteiger partial charge in [0.1, 0.15) is 5.75 Å². The minimum atomic E-state index is -0.0971. The molecule has 20 heavy (non-hydrogen) atoms. The molecule has 5 heteroatoms. The number of amides is 1. The van der Waals surface area contributed by atoms with Gasteiger partial charge in [0.2, 0.25) is 0 Å². The van der Waals surface area contributed by atoms with Crippen molar-refractivity contribution in [3.8, 4) is 5.75 Å². The first-order valence-corrected chi connectivity index (χ1v) is 7.18. The predicted octanol–water partition coefficient (Wildman–Crippen LogP) is 1.24. The molecule has 2 atom stereocenters. The van der Waals surface area contributed by atoms with Crippen LogP contribution in [0.4, 0.5) is 5.69 Å². The SMILES string of the molecule is COc1cccc(C(=O)NC2CCN3CCCC23)c1N. The minimum Gasteiger partial charge on any atom is -0.495 e. The van der Waals surface area contributed by atoms with Gasteiger partial charge in [-0.2, -0.15) is 0 Å². The quantitative estimate of drug-likeness (QED) is 0.815. The average Bonchev–Trinajstić information content (AvgIpc) is 3.04. The number of nitrogen functional groups attached to an aromatic ring is 1. The molecule has 3 rings (SSSR count). The Hall–Kier alpha value is -1.75. The molecule has 2 heterocycles. The summed E-state index contributed by atoms with van der Waals surface area (Å²) in [4.78, 5) is 14.9. The van der Waals surface area contributed by atoms with E-state index in [1.807, 2.05) is 0 Å². The first-order valence-electron chi connectivity index (χ1n) is 7.18. The third-order valence-electron chi connectivity index (χ3n) is 4.45. The van der Waals surface area contributed by atoms with E-state index in [0.29, 0.717) is 23.0 Å². The van der Waals surface area contributed by atoms with Crippen LogP contribution in [0, 0.1) is 0 Å². The number of anilines is 1. The second-order valence-electron chi connectivity index (χ2n) is 5.54. The lowest BCUT2D eigenvalue weighted by Crippen LogP contribution is -2.42. The summed E-state index contributed by atoms with van der Waals surface area (Å²) in [6.45, 7) is 2.25. The summed E-state index contributed by atoms with van der Waals surface area (Å²) >= 11 is 0. The highest BCUT2D eigenvalue weighted by Crippen LogP contribution is 2.29. The van der Waals surface area contributed by atoms with E-state index in [9.17, 15) is 4.79 Å². The third-order valence-corrected chi connectivity index (χ3v) is 4.45. The van der Waals surface area contributed by atoms with Crippen LogP contribution in [0.2, 0.25) is 0 Å². The largest absolute Gasteiger partial charge is 0.495 e. The van der Waals surface area contributed by atoms with E-state index in [-0.39, 0.29) is 11.9 Å². The molecule has 2 unspecified atom stereocenters. The standard InChI is InChI=1S/C15H21N3O2/c1-20-13-6-2-4-10(14(13)16)15(19)17-11-7-9-18-8-3-5-12(11)18/h2,4,6,11-12H,3,5,7-9,16H2,1H3,(H,17,19). The zero-order valence-corrected chi connectivity index (χ0v) is 11.8. The molecule has 1 aromatic rings. The molecule has 0 aromatic heterocycles. The average molecular weight is 275 g/mol.